The minimum atomic E-state index is -0.286. The molecule has 0 spiro atoms. The molecule has 4 rings (SSSR count). The van der Waals surface area contributed by atoms with Gasteiger partial charge in [-0.1, -0.05) is 60.3 Å². The summed E-state index contributed by atoms with van der Waals surface area (Å²) in [4.78, 5) is 24.4. The molecule has 7 heteroatoms. The van der Waals surface area contributed by atoms with E-state index in [1.807, 2.05) is 61.5 Å². The van der Waals surface area contributed by atoms with Crippen LogP contribution in [0, 0.1) is 6.92 Å². The fourth-order valence-electron chi connectivity index (χ4n) is 3.12. The molecule has 0 aliphatic rings. The highest BCUT2D eigenvalue weighted by atomic mass is 32.2. The van der Waals surface area contributed by atoms with Crippen molar-refractivity contribution in [3.05, 3.63) is 95.7 Å². The van der Waals surface area contributed by atoms with Crippen molar-refractivity contribution in [3.8, 4) is 0 Å². The number of fused-ring (bicyclic) bond motifs is 1. The number of carbonyl (C=O) groups is 2. The molecule has 2 amide bonds. The summed E-state index contributed by atoms with van der Waals surface area (Å²) < 4.78 is 5.64. The van der Waals surface area contributed by atoms with Gasteiger partial charge in [-0.3, -0.25) is 9.59 Å². The average molecular weight is 444 g/mol. The quantitative estimate of drug-likeness (QED) is 0.233. The van der Waals surface area contributed by atoms with Crippen LogP contribution in [-0.2, 0) is 4.79 Å². The van der Waals surface area contributed by atoms with Crippen molar-refractivity contribution in [2.75, 3.05) is 11.1 Å². The van der Waals surface area contributed by atoms with Crippen LogP contribution < -0.4 is 10.7 Å². The Kier molecular flexibility index (Phi) is 6.67. The Hall–Kier alpha value is -3.84. The van der Waals surface area contributed by atoms with Gasteiger partial charge in [0.15, 0.2) is 5.09 Å². The summed E-state index contributed by atoms with van der Waals surface area (Å²) in [6.07, 6.45) is 1.43. The predicted octanol–water partition coefficient (Wildman–Crippen LogP) is 5.24. The second-order valence-electron chi connectivity index (χ2n) is 7.07. The van der Waals surface area contributed by atoms with Crippen LogP contribution in [0.2, 0.25) is 0 Å². The smallest absolute Gasteiger partial charge is 0.271 e. The molecular weight excluding hydrogens is 422 g/mol. The van der Waals surface area contributed by atoms with E-state index in [9.17, 15) is 9.59 Å². The predicted molar refractivity (Wildman–Crippen MR) is 128 cm³/mol. The first-order chi connectivity index (χ1) is 15.6. The van der Waals surface area contributed by atoms with E-state index < -0.39 is 0 Å². The van der Waals surface area contributed by atoms with Crippen LogP contribution in [0.15, 0.2) is 93.5 Å². The van der Waals surface area contributed by atoms with Crippen molar-refractivity contribution in [2.45, 2.75) is 12.0 Å². The molecule has 1 heterocycles. The lowest BCUT2D eigenvalue weighted by Crippen LogP contribution is -2.18. The molecule has 0 saturated heterocycles. The standard InChI is InChI=1S/C25H21N3O3S/c1-17-6-2-5-9-22(17)25(30)28-26-15-21-12-13-24(31-21)32-16-23(29)27-20-11-10-18-7-3-4-8-19(18)14-20/h2-15H,16H2,1H3,(H,27,29)(H,28,30)/b26-15+. The van der Waals surface area contributed by atoms with Crippen molar-refractivity contribution in [1.82, 2.24) is 5.43 Å². The van der Waals surface area contributed by atoms with Crippen LogP contribution >= 0.6 is 11.8 Å². The molecule has 0 radical (unpaired) electrons. The van der Waals surface area contributed by atoms with Crippen molar-refractivity contribution < 1.29 is 14.0 Å². The maximum atomic E-state index is 12.3. The minimum Gasteiger partial charge on any atom is -0.449 e. The van der Waals surface area contributed by atoms with Gasteiger partial charge in [0.25, 0.3) is 5.91 Å². The summed E-state index contributed by atoms with van der Waals surface area (Å²) in [5.41, 5.74) is 4.68. The summed E-state index contributed by atoms with van der Waals surface area (Å²) in [6.45, 7) is 1.87. The van der Waals surface area contributed by atoms with Gasteiger partial charge in [-0.25, -0.2) is 5.43 Å². The molecule has 0 aliphatic carbocycles. The number of carbonyl (C=O) groups excluding carboxylic acids is 2. The monoisotopic (exact) mass is 443 g/mol. The van der Waals surface area contributed by atoms with E-state index >= 15 is 0 Å². The molecule has 32 heavy (non-hydrogen) atoms. The first kappa shape index (κ1) is 21.4. The first-order valence-corrected chi connectivity index (χ1v) is 11.0. The second-order valence-corrected chi connectivity index (χ2v) is 8.05. The third kappa shape index (κ3) is 5.44. The van der Waals surface area contributed by atoms with Gasteiger partial charge in [0.05, 0.1) is 12.0 Å². The third-order valence-corrected chi connectivity index (χ3v) is 5.64. The molecule has 6 nitrogen and oxygen atoms in total. The van der Waals surface area contributed by atoms with Gasteiger partial charge in [-0.05, 0) is 53.6 Å². The molecule has 0 bridgehead atoms. The lowest BCUT2D eigenvalue weighted by Gasteiger charge is -2.06. The Morgan fingerprint density at radius 2 is 1.75 bits per heavy atom. The van der Waals surface area contributed by atoms with Gasteiger partial charge >= 0.3 is 0 Å². The average Bonchev–Trinajstić information content (AvgIpc) is 3.25. The van der Waals surface area contributed by atoms with Crippen LogP contribution in [0.25, 0.3) is 10.8 Å². The molecule has 160 valence electrons. The molecule has 0 atom stereocenters. The van der Waals surface area contributed by atoms with Gasteiger partial charge in [-0.2, -0.15) is 5.10 Å². The molecule has 1 aromatic heterocycles. The number of nitrogens with one attached hydrogen (secondary N) is 2. The number of amides is 2. The van der Waals surface area contributed by atoms with Crippen molar-refractivity contribution in [2.24, 2.45) is 5.10 Å². The summed E-state index contributed by atoms with van der Waals surface area (Å²) in [5.74, 6) is 0.279. The van der Waals surface area contributed by atoms with E-state index in [0.29, 0.717) is 16.4 Å². The lowest BCUT2D eigenvalue weighted by molar-refractivity contribution is -0.113. The number of hydrogen-bond acceptors (Lipinski definition) is 5. The van der Waals surface area contributed by atoms with E-state index in [1.54, 1.807) is 24.3 Å². The second kappa shape index (κ2) is 9.98. The number of benzene rings is 3. The Balaban J connectivity index is 1.27. The fraction of sp³-hybridized carbons (Fsp3) is 0.0800. The van der Waals surface area contributed by atoms with Gasteiger partial charge in [0.1, 0.15) is 5.76 Å². The van der Waals surface area contributed by atoms with Gasteiger partial charge in [-0.15, -0.1) is 0 Å². The van der Waals surface area contributed by atoms with Crippen LogP contribution in [-0.4, -0.2) is 23.8 Å². The van der Waals surface area contributed by atoms with E-state index in [4.69, 9.17) is 4.42 Å². The lowest BCUT2D eigenvalue weighted by atomic mass is 10.1. The SMILES string of the molecule is Cc1ccccc1C(=O)N/N=C/c1ccc(SCC(=O)Nc2ccc3ccccc3c2)o1. The van der Waals surface area contributed by atoms with E-state index in [1.165, 1.54) is 18.0 Å². The van der Waals surface area contributed by atoms with Crippen LogP contribution in [0.5, 0.6) is 0 Å². The maximum absolute atomic E-state index is 12.3. The zero-order chi connectivity index (χ0) is 22.3. The highest BCUT2D eigenvalue weighted by Gasteiger charge is 2.08. The third-order valence-electron chi connectivity index (χ3n) is 4.73. The zero-order valence-electron chi connectivity index (χ0n) is 17.4. The summed E-state index contributed by atoms with van der Waals surface area (Å²) in [7, 11) is 0. The fourth-order valence-corrected chi connectivity index (χ4v) is 3.79. The number of furan rings is 1. The number of anilines is 1. The molecule has 0 fully saturated rings. The van der Waals surface area contributed by atoms with E-state index in [0.717, 1.165) is 22.0 Å². The van der Waals surface area contributed by atoms with Gasteiger partial charge in [0.2, 0.25) is 5.91 Å². The van der Waals surface area contributed by atoms with Crippen LogP contribution in [0.3, 0.4) is 0 Å². The van der Waals surface area contributed by atoms with Gasteiger partial charge in [0, 0.05) is 11.3 Å². The molecule has 0 aliphatic heterocycles. The maximum Gasteiger partial charge on any atom is 0.271 e. The number of thioether (sulfide) groups is 1. The molecule has 3 aromatic carbocycles. The Bertz CT molecular complexity index is 1300. The Morgan fingerprint density at radius 1 is 0.969 bits per heavy atom. The molecule has 0 saturated carbocycles. The van der Waals surface area contributed by atoms with E-state index in [-0.39, 0.29) is 17.6 Å². The number of rotatable bonds is 7. The Labute approximate surface area is 189 Å². The summed E-state index contributed by atoms with van der Waals surface area (Å²) >= 11 is 1.28. The van der Waals surface area contributed by atoms with Crippen LogP contribution in [0.1, 0.15) is 21.7 Å². The topological polar surface area (TPSA) is 83.7 Å². The number of hydrogen-bond donors (Lipinski definition) is 2. The van der Waals surface area contributed by atoms with Crippen molar-refractivity contribution in [3.63, 3.8) is 0 Å². The van der Waals surface area contributed by atoms with Gasteiger partial charge < -0.3 is 9.73 Å². The molecular formula is C25H21N3O3S. The highest BCUT2D eigenvalue weighted by Crippen LogP contribution is 2.22. The largest absolute Gasteiger partial charge is 0.449 e. The van der Waals surface area contributed by atoms with Crippen molar-refractivity contribution >= 4 is 46.3 Å². The van der Waals surface area contributed by atoms with Crippen LogP contribution in [0.4, 0.5) is 5.69 Å². The number of aryl methyl sites for hydroxylation is 1. The first-order valence-electron chi connectivity index (χ1n) is 9.99. The van der Waals surface area contributed by atoms with Crippen molar-refractivity contribution in [1.29, 1.82) is 0 Å². The summed E-state index contributed by atoms with van der Waals surface area (Å²) in [6, 6.07) is 24.6. The molecule has 2 N–H and O–H groups in total. The zero-order valence-corrected chi connectivity index (χ0v) is 18.2. The summed E-state index contributed by atoms with van der Waals surface area (Å²) in [5, 5.41) is 9.63. The number of hydrazone groups is 1. The Morgan fingerprint density at radius 3 is 2.59 bits per heavy atom. The highest BCUT2D eigenvalue weighted by molar-refractivity contribution is 7.99. The number of nitrogens with zero attached hydrogens (tertiary/aromatic N) is 1. The molecule has 4 aromatic rings. The minimum absolute atomic E-state index is 0.123. The normalized spacial score (nSPS) is 11.0. The van der Waals surface area contributed by atoms with E-state index in [2.05, 4.69) is 15.8 Å². The molecule has 0 unspecified atom stereocenters.